The third kappa shape index (κ3) is 3.32. The van der Waals surface area contributed by atoms with Crippen LogP contribution in [0.1, 0.15) is 71.1 Å². The Morgan fingerprint density at radius 3 is 2.12 bits per heavy atom. The van der Waals surface area contributed by atoms with Crippen molar-refractivity contribution < 1.29 is 9.59 Å². The molecule has 0 radical (unpaired) electrons. The minimum atomic E-state index is -0.106. The Morgan fingerprint density at radius 2 is 1.62 bits per heavy atom. The summed E-state index contributed by atoms with van der Waals surface area (Å²) in [7, 11) is 0. The molecule has 4 saturated carbocycles. The Labute approximate surface area is 156 Å². The van der Waals surface area contributed by atoms with E-state index in [1.54, 1.807) is 5.01 Å². The Kier molecular flexibility index (Phi) is 4.88. The summed E-state index contributed by atoms with van der Waals surface area (Å²) >= 11 is 0. The number of piperidine rings is 1. The van der Waals surface area contributed by atoms with Crippen LogP contribution in [-0.4, -0.2) is 46.5 Å². The van der Waals surface area contributed by atoms with E-state index in [9.17, 15) is 9.59 Å². The molecule has 0 aromatic rings. The molecule has 5 rings (SSSR count). The maximum absolute atomic E-state index is 12.9. The molecule has 1 aliphatic heterocycles. The molecular formula is C20H34N4O2. The molecule has 3 amide bonds. The van der Waals surface area contributed by atoms with E-state index < -0.39 is 0 Å². The molecule has 146 valence electrons. The van der Waals surface area contributed by atoms with E-state index in [4.69, 9.17) is 5.84 Å². The molecule has 5 fully saturated rings. The molecule has 3 N–H and O–H groups in total. The molecular weight excluding hydrogens is 328 g/mol. The quantitative estimate of drug-likeness (QED) is 0.458. The fourth-order valence-electron chi connectivity index (χ4n) is 6.46. The van der Waals surface area contributed by atoms with Crippen molar-refractivity contribution in [3.63, 3.8) is 0 Å². The first-order valence-corrected chi connectivity index (χ1v) is 10.6. The molecule has 0 atom stereocenters. The highest BCUT2D eigenvalue weighted by Crippen LogP contribution is 2.57. The summed E-state index contributed by atoms with van der Waals surface area (Å²) in [6.45, 7) is 3.52. The van der Waals surface area contributed by atoms with Crippen molar-refractivity contribution in [3.8, 4) is 0 Å². The largest absolute Gasteiger partial charge is 0.343 e. The number of nitrogens with zero attached hydrogens (tertiary/aromatic N) is 2. The van der Waals surface area contributed by atoms with Gasteiger partial charge in [0.1, 0.15) is 0 Å². The summed E-state index contributed by atoms with van der Waals surface area (Å²) in [6, 6.07) is 0.0263. The van der Waals surface area contributed by atoms with Crippen LogP contribution in [0.4, 0.5) is 4.79 Å². The van der Waals surface area contributed by atoms with Gasteiger partial charge in [0.2, 0.25) is 5.91 Å². The van der Waals surface area contributed by atoms with E-state index in [-0.39, 0.29) is 23.5 Å². The van der Waals surface area contributed by atoms with Crippen LogP contribution < -0.4 is 11.2 Å². The summed E-state index contributed by atoms with van der Waals surface area (Å²) in [6.07, 6.45) is 10.5. The highest BCUT2D eigenvalue weighted by atomic mass is 16.2. The van der Waals surface area contributed by atoms with Crippen molar-refractivity contribution in [1.82, 2.24) is 15.2 Å². The number of nitrogens with one attached hydrogen (secondary N) is 1. The number of hydrazine groups is 1. The molecule has 4 bridgehead atoms. The molecule has 6 heteroatoms. The lowest BCUT2D eigenvalue weighted by Crippen LogP contribution is -2.66. The molecule has 0 spiro atoms. The first-order chi connectivity index (χ1) is 12.5. The van der Waals surface area contributed by atoms with Gasteiger partial charge in [0.05, 0.1) is 5.54 Å². The number of carbonyl (C=O) groups is 2. The maximum atomic E-state index is 12.9. The Morgan fingerprint density at radius 1 is 1.08 bits per heavy atom. The summed E-state index contributed by atoms with van der Waals surface area (Å²) in [5.41, 5.74) is -0.101. The number of hydrogen-bond acceptors (Lipinski definition) is 3. The number of likely N-dealkylation sites (tertiary alicyclic amines) is 1. The molecule has 1 heterocycles. The first kappa shape index (κ1) is 18.1. The van der Waals surface area contributed by atoms with Crippen LogP contribution in [0.2, 0.25) is 0 Å². The van der Waals surface area contributed by atoms with Crippen LogP contribution >= 0.6 is 0 Å². The number of carbonyl (C=O) groups excluding carboxylic acids is 2. The number of rotatable bonds is 4. The van der Waals surface area contributed by atoms with Gasteiger partial charge >= 0.3 is 6.03 Å². The van der Waals surface area contributed by atoms with Crippen LogP contribution in [0.5, 0.6) is 0 Å². The maximum Gasteiger partial charge on any atom is 0.332 e. The summed E-state index contributed by atoms with van der Waals surface area (Å²) in [5.74, 6) is 8.96. The van der Waals surface area contributed by atoms with E-state index in [1.165, 1.54) is 19.3 Å². The van der Waals surface area contributed by atoms with Crippen LogP contribution in [0.15, 0.2) is 0 Å². The molecule has 26 heavy (non-hydrogen) atoms. The summed E-state index contributed by atoms with van der Waals surface area (Å²) in [5, 5.41) is 4.73. The number of urea groups is 1. The predicted molar refractivity (Wildman–Crippen MR) is 100.0 cm³/mol. The van der Waals surface area contributed by atoms with Crippen molar-refractivity contribution in [3.05, 3.63) is 0 Å². The van der Waals surface area contributed by atoms with Gasteiger partial charge in [-0.05, 0) is 75.5 Å². The molecule has 0 aromatic carbocycles. The normalized spacial score (nSPS) is 36.2. The lowest BCUT2D eigenvalue weighted by Gasteiger charge is -2.59. The van der Waals surface area contributed by atoms with Gasteiger partial charge in [-0.25, -0.2) is 10.6 Å². The SMILES string of the molecule is CCCC(=O)N1CCC(NC(=O)N(N)C23CC4CC(CC(C4)C2)C3)CC1. The predicted octanol–water partition coefficient (Wildman–Crippen LogP) is 2.63. The zero-order valence-electron chi connectivity index (χ0n) is 16.1. The number of hydrogen-bond donors (Lipinski definition) is 2. The third-order valence-electron chi connectivity index (χ3n) is 7.37. The van der Waals surface area contributed by atoms with Crippen molar-refractivity contribution in [1.29, 1.82) is 0 Å². The van der Waals surface area contributed by atoms with Crippen molar-refractivity contribution >= 4 is 11.9 Å². The fourth-order valence-corrected chi connectivity index (χ4v) is 6.46. The molecule has 1 saturated heterocycles. The molecule has 6 nitrogen and oxygen atoms in total. The highest BCUT2D eigenvalue weighted by Gasteiger charge is 2.54. The van der Waals surface area contributed by atoms with Gasteiger partial charge < -0.3 is 10.2 Å². The van der Waals surface area contributed by atoms with Gasteiger partial charge in [-0.2, -0.15) is 0 Å². The van der Waals surface area contributed by atoms with Gasteiger partial charge in [0.15, 0.2) is 0 Å². The average molecular weight is 363 g/mol. The molecule has 5 aliphatic rings. The summed E-state index contributed by atoms with van der Waals surface area (Å²) in [4.78, 5) is 26.8. The Balaban J connectivity index is 1.31. The molecule has 0 aromatic heterocycles. The summed E-state index contributed by atoms with van der Waals surface area (Å²) < 4.78 is 0. The lowest BCUT2D eigenvalue weighted by atomic mass is 9.53. The standard InChI is InChI=1S/C20H34N4O2/c1-2-3-18(25)23-6-4-17(5-7-23)22-19(26)24(21)20-11-14-8-15(12-20)10-16(9-14)13-20/h14-17H,2-13,21H2,1H3,(H,22,26). The molecule has 0 unspecified atom stereocenters. The van der Waals surface area contributed by atoms with Gasteiger partial charge in [-0.15, -0.1) is 0 Å². The molecule has 4 aliphatic carbocycles. The van der Waals surface area contributed by atoms with Crippen LogP contribution in [-0.2, 0) is 4.79 Å². The Bertz CT molecular complexity index is 521. The smallest absolute Gasteiger partial charge is 0.332 e. The van der Waals surface area contributed by atoms with E-state index in [1.807, 2.05) is 11.8 Å². The number of nitrogens with two attached hydrogens (primary N) is 1. The van der Waals surface area contributed by atoms with Gasteiger partial charge in [-0.3, -0.25) is 9.80 Å². The third-order valence-corrected chi connectivity index (χ3v) is 7.37. The van der Waals surface area contributed by atoms with Crippen molar-refractivity contribution in [2.24, 2.45) is 23.6 Å². The minimum Gasteiger partial charge on any atom is -0.343 e. The van der Waals surface area contributed by atoms with E-state index in [0.717, 1.165) is 69.4 Å². The monoisotopic (exact) mass is 362 g/mol. The fraction of sp³-hybridized carbons (Fsp3) is 0.900. The zero-order chi connectivity index (χ0) is 18.3. The van der Waals surface area contributed by atoms with Crippen molar-refractivity contribution in [2.75, 3.05) is 13.1 Å². The second kappa shape index (κ2) is 7.02. The Hall–Kier alpha value is -1.30. The van der Waals surface area contributed by atoms with Crippen LogP contribution in [0.25, 0.3) is 0 Å². The second-order valence-corrected chi connectivity index (χ2v) is 9.37. The van der Waals surface area contributed by atoms with Crippen LogP contribution in [0, 0.1) is 17.8 Å². The first-order valence-electron chi connectivity index (χ1n) is 10.6. The van der Waals surface area contributed by atoms with E-state index in [2.05, 4.69) is 5.32 Å². The van der Waals surface area contributed by atoms with E-state index >= 15 is 0 Å². The van der Waals surface area contributed by atoms with Gasteiger partial charge in [0.25, 0.3) is 0 Å². The minimum absolute atomic E-state index is 0.101. The topological polar surface area (TPSA) is 78.7 Å². The average Bonchev–Trinajstić information content (AvgIpc) is 2.60. The lowest BCUT2D eigenvalue weighted by molar-refractivity contribution is -0.132. The van der Waals surface area contributed by atoms with Crippen LogP contribution in [0.3, 0.4) is 0 Å². The van der Waals surface area contributed by atoms with Crippen molar-refractivity contribution in [2.45, 2.75) is 82.7 Å². The highest BCUT2D eigenvalue weighted by molar-refractivity contribution is 5.76. The van der Waals surface area contributed by atoms with E-state index in [0.29, 0.717) is 6.42 Å². The zero-order valence-corrected chi connectivity index (χ0v) is 16.1. The number of amides is 3. The van der Waals surface area contributed by atoms with Gasteiger partial charge in [-0.1, -0.05) is 6.92 Å². The van der Waals surface area contributed by atoms with Gasteiger partial charge in [0, 0.05) is 25.6 Å². The second-order valence-electron chi connectivity index (χ2n) is 9.37.